The predicted molar refractivity (Wildman–Crippen MR) is 95.2 cm³/mol. The highest BCUT2D eigenvalue weighted by molar-refractivity contribution is 6.33. The molecule has 3 rings (SSSR count). The van der Waals surface area contributed by atoms with Crippen LogP contribution in [0.4, 0.5) is 22.4 Å². The molecule has 0 bridgehead atoms. The first kappa shape index (κ1) is 21.7. The summed E-state index contributed by atoms with van der Waals surface area (Å²) in [6.45, 7) is -0.518. The number of aromatic nitrogens is 3. The van der Waals surface area contributed by atoms with Crippen LogP contribution < -0.4 is 5.32 Å². The number of amides is 2. The van der Waals surface area contributed by atoms with Gasteiger partial charge in [0.05, 0.1) is 23.8 Å². The molecule has 0 radical (unpaired) electrons. The van der Waals surface area contributed by atoms with Crippen LogP contribution in [0.25, 0.3) is 11.1 Å². The number of halogens is 5. The number of hydrogen-bond donors (Lipinski definition) is 2. The molecule has 0 spiro atoms. The van der Waals surface area contributed by atoms with Gasteiger partial charge in [0.2, 0.25) is 11.7 Å². The summed E-state index contributed by atoms with van der Waals surface area (Å²) in [4.78, 5) is 34.7. The highest BCUT2D eigenvalue weighted by atomic mass is 35.5. The summed E-state index contributed by atoms with van der Waals surface area (Å²) in [6.07, 6.45) is -4.60. The van der Waals surface area contributed by atoms with Crippen molar-refractivity contribution in [2.45, 2.75) is 31.4 Å². The summed E-state index contributed by atoms with van der Waals surface area (Å²) in [5.41, 5.74) is 0.789. The molecule has 30 heavy (non-hydrogen) atoms. The van der Waals surface area contributed by atoms with Crippen LogP contribution in [0, 0.1) is 0 Å². The third-order valence-corrected chi connectivity index (χ3v) is 4.67. The molecule has 1 aliphatic rings. The van der Waals surface area contributed by atoms with E-state index < -0.39 is 36.2 Å². The fourth-order valence-corrected chi connectivity index (χ4v) is 3.17. The van der Waals surface area contributed by atoms with E-state index in [2.05, 4.69) is 20.3 Å². The molecule has 2 amide bonds. The van der Waals surface area contributed by atoms with E-state index in [0.717, 1.165) is 17.3 Å². The molecule has 0 aromatic carbocycles. The maximum atomic E-state index is 13.5. The number of hydrogen-bond acceptors (Lipinski definition) is 5. The number of alkyl halides is 4. The number of carboxylic acid groups (broad SMARTS) is 1. The molecule has 1 fully saturated rings. The fourth-order valence-electron chi connectivity index (χ4n) is 2.95. The molecule has 2 aromatic rings. The second-order valence-electron chi connectivity index (χ2n) is 6.45. The first-order chi connectivity index (χ1) is 14.1. The molecule has 0 unspecified atom stereocenters. The largest absolute Gasteiger partial charge is 0.465 e. The summed E-state index contributed by atoms with van der Waals surface area (Å²) in [5.74, 6) is -1.98. The molecule has 0 saturated carbocycles. The minimum absolute atomic E-state index is 0.126. The zero-order valence-corrected chi connectivity index (χ0v) is 15.8. The number of carbonyl (C=O) groups is 2. The van der Waals surface area contributed by atoms with Gasteiger partial charge in [0.25, 0.3) is 0 Å². The van der Waals surface area contributed by atoms with Gasteiger partial charge in [-0.3, -0.25) is 14.7 Å². The van der Waals surface area contributed by atoms with Crippen molar-refractivity contribution in [2.75, 3.05) is 6.54 Å². The second kappa shape index (κ2) is 8.38. The lowest BCUT2D eigenvalue weighted by Crippen LogP contribution is -2.45. The Kier molecular flexibility index (Phi) is 6.06. The van der Waals surface area contributed by atoms with Crippen molar-refractivity contribution in [3.8, 4) is 11.1 Å². The van der Waals surface area contributed by atoms with Crippen LogP contribution in [-0.2, 0) is 17.5 Å². The van der Waals surface area contributed by atoms with Crippen LogP contribution in [0.2, 0.25) is 5.02 Å². The first-order valence-corrected chi connectivity index (χ1v) is 8.89. The topological polar surface area (TPSA) is 108 Å². The number of likely N-dealkylation sites (tertiary alicyclic amines) is 1. The van der Waals surface area contributed by atoms with Crippen molar-refractivity contribution in [1.82, 2.24) is 25.2 Å². The molecule has 1 saturated heterocycles. The Bertz CT molecular complexity index is 957. The Balaban J connectivity index is 1.73. The van der Waals surface area contributed by atoms with E-state index in [1.54, 1.807) is 0 Å². The van der Waals surface area contributed by atoms with Crippen LogP contribution in [0.1, 0.15) is 17.9 Å². The van der Waals surface area contributed by atoms with Crippen molar-refractivity contribution in [2.24, 2.45) is 0 Å². The Morgan fingerprint density at radius 3 is 2.50 bits per heavy atom. The zero-order valence-electron chi connectivity index (χ0n) is 15.0. The molecule has 13 heteroatoms. The number of rotatable bonds is 4. The van der Waals surface area contributed by atoms with Gasteiger partial charge in [-0.1, -0.05) is 11.6 Å². The highest BCUT2D eigenvalue weighted by Gasteiger charge is 2.39. The van der Waals surface area contributed by atoms with Crippen LogP contribution in [-0.4, -0.2) is 55.7 Å². The Hall–Kier alpha value is -3.02. The van der Waals surface area contributed by atoms with Gasteiger partial charge in [0.1, 0.15) is 12.2 Å². The number of nitrogens with one attached hydrogen (secondary N) is 1. The normalized spacial score (nSPS) is 19.0. The maximum absolute atomic E-state index is 13.5. The van der Waals surface area contributed by atoms with Crippen LogP contribution in [0.3, 0.4) is 0 Å². The van der Waals surface area contributed by atoms with Crippen molar-refractivity contribution in [3.05, 3.63) is 41.2 Å². The smallest absolute Gasteiger partial charge is 0.451 e. The van der Waals surface area contributed by atoms with Gasteiger partial charge in [0, 0.05) is 36.1 Å². The maximum Gasteiger partial charge on any atom is 0.451 e. The van der Waals surface area contributed by atoms with Gasteiger partial charge in [-0.15, -0.1) is 0 Å². The second-order valence-corrected chi connectivity index (χ2v) is 6.86. The van der Waals surface area contributed by atoms with E-state index in [1.165, 1.54) is 12.3 Å². The summed E-state index contributed by atoms with van der Waals surface area (Å²) in [6, 6.07) is 0.267. The fraction of sp³-hybridized carbons (Fsp3) is 0.353. The summed E-state index contributed by atoms with van der Waals surface area (Å²) < 4.78 is 51.3. The predicted octanol–water partition coefficient (Wildman–Crippen LogP) is 2.92. The van der Waals surface area contributed by atoms with E-state index in [0.29, 0.717) is 11.3 Å². The third kappa shape index (κ3) is 4.75. The summed E-state index contributed by atoms with van der Waals surface area (Å²) >= 11 is 6.06. The van der Waals surface area contributed by atoms with Crippen molar-refractivity contribution >= 4 is 23.6 Å². The van der Waals surface area contributed by atoms with E-state index >= 15 is 0 Å². The minimum Gasteiger partial charge on any atom is -0.465 e. The summed E-state index contributed by atoms with van der Waals surface area (Å²) in [5, 5.41) is 11.7. The minimum atomic E-state index is -4.68. The van der Waals surface area contributed by atoms with Gasteiger partial charge < -0.3 is 10.4 Å². The van der Waals surface area contributed by atoms with Gasteiger partial charge in [0.15, 0.2) is 0 Å². The average molecular weight is 448 g/mol. The van der Waals surface area contributed by atoms with Crippen molar-refractivity contribution in [1.29, 1.82) is 0 Å². The lowest BCUT2D eigenvalue weighted by atomic mass is 10.1. The van der Waals surface area contributed by atoms with E-state index in [9.17, 15) is 27.2 Å². The number of pyridine rings is 1. The molecule has 2 N–H and O–H groups in total. The Morgan fingerprint density at radius 1 is 1.23 bits per heavy atom. The Morgan fingerprint density at radius 2 is 1.90 bits per heavy atom. The lowest BCUT2D eigenvalue weighted by molar-refractivity contribution is -0.145. The molecular formula is C17H14ClF4N5O3. The standard InChI is InChI=1S/C17H14ClF4N5O3/c18-12-6-23-10(2-11(12)8-3-25-15(26-4-8)17(20,21)22)5-24-14(28)13-1-9(19)7-27(13)16(29)30/h2-4,6,9,13H,1,5,7H2,(H,24,28)(H,29,30)/t9-,13-/m1/s1. The first-order valence-electron chi connectivity index (χ1n) is 8.51. The molecule has 2 atom stereocenters. The lowest BCUT2D eigenvalue weighted by Gasteiger charge is -2.20. The molecule has 1 aliphatic heterocycles. The highest BCUT2D eigenvalue weighted by Crippen LogP contribution is 2.30. The molecule has 0 aliphatic carbocycles. The quantitative estimate of drug-likeness (QED) is 0.698. The van der Waals surface area contributed by atoms with Crippen LogP contribution >= 0.6 is 11.6 Å². The van der Waals surface area contributed by atoms with Gasteiger partial charge in [-0.2, -0.15) is 13.2 Å². The molecule has 3 heterocycles. The monoisotopic (exact) mass is 447 g/mol. The summed E-state index contributed by atoms with van der Waals surface area (Å²) in [7, 11) is 0. The van der Waals surface area contributed by atoms with E-state index in [-0.39, 0.29) is 30.1 Å². The van der Waals surface area contributed by atoms with Gasteiger partial charge in [-0.05, 0) is 6.07 Å². The molecule has 160 valence electrons. The van der Waals surface area contributed by atoms with Gasteiger partial charge in [-0.25, -0.2) is 19.2 Å². The molecule has 8 nitrogen and oxygen atoms in total. The van der Waals surface area contributed by atoms with Gasteiger partial charge >= 0.3 is 12.3 Å². The molecule has 2 aromatic heterocycles. The van der Waals surface area contributed by atoms with Crippen molar-refractivity contribution < 1.29 is 32.3 Å². The Labute approximate surface area is 171 Å². The van der Waals surface area contributed by atoms with Crippen LogP contribution in [0.15, 0.2) is 24.7 Å². The number of carbonyl (C=O) groups excluding carboxylic acids is 1. The van der Waals surface area contributed by atoms with E-state index in [4.69, 9.17) is 16.7 Å². The number of nitrogens with zero attached hydrogens (tertiary/aromatic N) is 4. The average Bonchev–Trinajstić information content (AvgIpc) is 3.09. The SMILES string of the molecule is O=C(NCc1cc(-c2cnc(C(F)(F)F)nc2)c(Cl)cn1)[C@H]1C[C@@H](F)CN1C(=O)O. The van der Waals surface area contributed by atoms with Crippen LogP contribution in [0.5, 0.6) is 0 Å². The molecular weight excluding hydrogens is 434 g/mol. The zero-order chi connectivity index (χ0) is 22.1. The third-order valence-electron chi connectivity index (χ3n) is 4.37. The van der Waals surface area contributed by atoms with Crippen molar-refractivity contribution in [3.63, 3.8) is 0 Å². The van der Waals surface area contributed by atoms with E-state index in [1.807, 2.05) is 0 Å².